The van der Waals surface area contributed by atoms with Crippen LogP contribution in [0.1, 0.15) is 18.1 Å². The molecule has 2 aromatic rings. The Morgan fingerprint density at radius 1 is 1.11 bits per heavy atom. The maximum Gasteiger partial charge on any atom is 0.161 e. The lowest BCUT2D eigenvalue weighted by atomic mass is 10.1. The van der Waals surface area contributed by atoms with Gasteiger partial charge in [0.15, 0.2) is 11.5 Å². The number of hydrogen-bond acceptors (Lipinski definition) is 3. The van der Waals surface area contributed by atoms with E-state index in [4.69, 9.17) is 10.5 Å². The minimum atomic E-state index is 0.0894. The highest BCUT2D eigenvalue weighted by Gasteiger charge is 2.06. The van der Waals surface area contributed by atoms with Gasteiger partial charge in [0, 0.05) is 6.04 Å². The Hall–Kier alpha value is -2.00. The number of hydrogen-bond donors (Lipinski definition) is 2. The minimum Gasteiger partial charge on any atom is -0.504 e. The van der Waals surface area contributed by atoms with Gasteiger partial charge in [-0.05, 0) is 36.6 Å². The largest absolute Gasteiger partial charge is 0.504 e. The van der Waals surface area contributed by atoms with Gasteiger partial charge in [-0.15, -0.1) is 0 Å². The Labute approximate surface area is 113 Å². The SMILES string of the molecule is CC(N)Cc1ccc(O)c(OCc2ccccc2)c1. The van der Waals surface area contributed by atoms with Gasteiger partial charge in [-0.3, -0.25) is 0 Å². The third-order valence-electron chi connectivity index (χ3n) is 2.82. The van der Waals surface area contributed by atoms with Crippen molar-refractivity contribution in [3.05, 3.63) is 59.7 Å². The van der Waals surface area contributed by atoms with E-state index in [2.05, 4.69) is 0 Å². The van der Waals surface area contributed by atoms with Gasteiger partial charge in [0.25, 0.3) is 0 Å². The Bertz CT molecular complexity index is 524. The van der Waals surface area contributed by atoms with Crippen molar-refractivity contribution in [1.82, 2.24) is 0 Å². The van der Waals surface area contributed by atoms with Gasteiger partial charge in [-0.25, -0.2) is 0 Å². The van der Waals surface area contributed by atoms with Gasteiger partial charge in [-0.1, -0.05) is 36.4 Å². The first-order valence-corrected chi connectivity index (χ1v) is 6.39. The second-order valence-electron chi connectivity index (χ2n) is 4.76. The molecular weight excluding hydrogens is 238 g/mol. The van der Waals surface area contributed by atoms with E-state index in [-0.39, 0.29) is 11.8 Å². The molecule has 0 amide bonds. The van der Waals surface area contributed by atoms with Gasteiger partial charge in [-0.2, -0.15) is 0 Å². The third-order valence-corrected chi connectivity index (χ3v) is 2.82. The number of aromatic hydroxyl groups is 1. The van der Waals surface area contributed by atoms with E-state index < -0.39 is 0 Å². The molecular formula is C16H19NO2. The van der Waals surface area contributed by atoms with E-state index in [0.717, 1.165) is 17.5 Å². The van der Waals surface area contributed by atoms with Gasteiger partial charge in [0.05, 0.1) is 0 Å². The zero-order valence-corrected chi connectivity index (χ0v) is 11.0. The molecule has 3 heteroatoms. The molecule has 3 nitrogen and oxygen atoms in total. The number of ether oxygens (including phenoxy) is 1. The predicted molar refractivity (Wildman–Crippen MR) is 76.2 cm³/mol. The van der Waals surface area contributed by atoms with Crippen LogP contribution in [-0.4, -0.2) is 11.1 Å². The fourth-order valence-corrected chi connectivity index (χ4v) is 1.91. The molecule has 100 valence electrons. The molecule has 1 atom stereocenters. The van der Waals surface area contributed by atoms with E-state index in [9.17, 15) is 5.11 Å². The van der Waals surface area contributed by atoms with Crippen LogP contribution in [0.2, 0.25) is 0 Å². The van der Waals surface area contributed by atoms with E-state index in [0.29, 0.717) is 12.4 Å². The second-order valence-corrected chi connectivity index (χ2v) is 4.76. The van der Waals surface area contributed by atoms with Crippen LogP contribution in [0.5, 0.6) is 11.5 Å². The Kier molecular flexibility index (Phi) is 4.42. The number of phenolic OH excluding ortho intramolecular Hbond substituents is 1. The fourth-order valence-electron chi connectivity index (χ4n) is 1.91. The summed E-state index contributed by atoms with van der Waals surface area (Å²) in [5.74, 6) is 0.659. The van der Waals surface area contributed by atoms with Crippen molar-refractivity contribution in [1.29, 1.82) is 0 Å². The van der Waals surface area contributed by atoms with Crippen LogP contribution in [0.4, 0.5) is 0 Å². The molecule has 0 saturated heterocycles. The van der Waals surface area contributed by atoms with Crippen molar-refractivity contribution >= 4 is 0 Å². The van der Waals surface area contributed by atoms with Crippen molar-refractivity contribution in [2.24, 2.45) is 5.73 Å². The Morgan fingerprint density at radius 3 is 2.53 bits per heavy atom. The first-order chi connectivity index (χ1) is 9.15. The summed E-state index contributed by atoms with van der Waals surface area (Å²) in [5.41, 5.74) is 7.91. The summed E-state index contributed by atoms with van der Waals surface area (Å²) in [5, 5.41) is 9.79. The summed E-state index contributed by atoms with van der Waals surface area (Å²) in [6.07, 6.45) is 0.766. The van der Waals surface area contributed by atoms with Gasteiger partial charge in [0.2, 0.25) is 0 Å². The lowest BCUT2D eigenvalue weighted by Gasteiger charge is -2.11. The maximum absolute atomic E-state index is 9.79. The number of rotatable bonds is 5. The molecule has 0 bridgehead atoms. The van der Waals surface area contributed by atoms with Gasteiger partial charge in [0.1, 0.15) is 6.61 Å². The highest BCUT2D eigenvalue weighted by Crippen LogP contribution is 2.28. The molecule has 1 unspecified atom stereocenters. The van der Waals surface area contributed by atoms with Crippen LogP contribution >= 0.6 is 0 Å². The zero-order chi connectivity index (χ0) is 13.7. The molecule has 3 N–H and O–H groups in total. The topological polar surface area (TPSA) is 55.5 Å². The lowest BCUT2D eigenvalue weighted by Crippen LogP contribution is -2.17. The summed E-state index contributed by atoms with van der Waals surface area (Å²) in [4.78, 5) is 0. The highest BCUT2D eigenvalue weighted by molar-refractivity contribution is 5.42. The van der Waals surface area contributed by atoms with Crippen LogP contribution in [0.3, 0.4) is 0 Å². The first kappa shape index (κ1) is 13.4. The number of nitrogens with two attached hydrogens (primary N) is 1. The monoisotopic (exact) mass is 257 g/mol. The maximum atomic E-state index is 9.79. The van der Waals surface area contributed by atoms with Gasteiger partial charge < -0.3 is 15.6 Å². The fraction of sp³-hybridized carbons (Fsp3) is 0.250. The Balaban J connectivity index is 2.06. The summed E-state index contributed by atoms with van der Waals surface area (Å²) in [6, 6.07) is 15.3. The quantitative estimate of drug-likeness (QED) is 0.866. The van der Waals surface area contributed by atoms with Crippen LogP contribution < -0.4 is 10.5 Å². The van der Waals surface area contributed by atoms with Gasteiger partial charge >= 0.3 is 0 Å². The number of benzene rings is 2. The normalized spacial score (nSPS) is 12.1. The van der Waals surface area contributed by atoms with E-state index in [1.165, 1.54) is 0 Å². The second kappa shape index (κ2) is 6.25. The number of phenols is 1. The summed E-state index contributed by atoms with van der Waals surface area (Å²) in [6.45, 7) is 2.40. The zero-order valence-electron chi connectivity index (χ0n) is 11.0. The summed E-state index contributed by atoms with van der Waals surface area (Å²) >= 11 is 0. The van der Waals surface area contributed by atoms with Crippen LogP contribution in [-0.2, 0) is 13.0 Å². The highest BCUT2D eigenvalue weighted by atomic mass is 16.5. The van der Waals surface area contributed by atoms with Crippen LogP contribution in [0, 0.1) is 0 Å². The molecule has 0 radical (unpaired) electrons. The van der Waals surface area contributed by atoms with Crippen LogP contribution in [0.25, 0.3) is 0 Å². The molecule has 0 aromatic heterocycles. The summed E-state index contributed by atoms with van der Waals surface area (Å²) < 4.78 is 5.65. The summed E-state index contributed by atoms with van der Waals surface area (Å²) in [7, 11) is 0. The molecule has 0 fully saturated rings. The molecule has 0 heterocycles. The molecule has 0 aliphatic carbocycles. The van der Waals surface area contributed by atoms with Crippen molar-refractivity contribution in [2.45, 2.75) is 26.0 Å². The molecule has 19 heavy (non-hydrogen) atoms. The molecule has 0 aliphatic rings. The van der Waals surface area contributed by atoms with Crippen molar-refractivity contribution in [3.63, 3.8) is 0 Å². The minimum absolute atomic E-state index is 0.0894. The van der Waals surface area contributed by atoms with E-state index in [1.807, 2.05) is 49.4 Å². The molecule has 2 aromatic carbocycles. The standard InChI is InChI=1S/C16H19NO2/c1-12(17)9-14-7-8-15(18)16(10-14)19-11-13-5-3-2-4-6-13/h2-8,10,12,18H,9,11,17H2,1H3. The third kappa shape index (κ3) is 4.00. The smallest absolute Gasteiger partial charge is 0.161 e. The van der Waals surface area contributed by atoms with Crippen LogP contribution in [0.15, 0.2) is 48.5 Å². The average Bonchev–Trinajstić information content (AvgIpc) is 2.40. The first-order valence-electron chi connectivity index (χ1n) is 6.39. The van der Waals surface area contributed by atoms with Crippen molar-refractivity contribution in [2.75, 3.05) is 0 Å². The van der Waals surface area contributed by atoms with Crippen molar-refractivity contribution in [3.8, 4) is 11.5 Å². The molecule has 2 rings (SSSR count). The van der Waals surface area contributed by atoms with E-state index >= 15 is 0 Å². The molecule has 0 aliphatic heterocycles. The lowest BCUT2D eigenvalue weighted by molar-refractivity contribution is 0.288. The van der Waals surface area contributed by atoms with Crippen molar-refractivity contribution < 1.29 is 9.84 Å². The molecule has 0 spiro atoms. The predicted octanol–water partition coefficient (Wildman–Crippen LogP) is 2.86. The molecule has 0 saturated carbocycles. The average molecular weight is 257 g/mol. The Morgan fingerprint density at radius 2 is 1.84 bits per heavy atom. The van der Waals surface area contributed by atoms with E-state index in [1.54, 1.807) is 6.07 Å².